The van der Waals surface area contributed by atoms with Gasteiger partial charge in [-0.1, -0.05) is 5.16 Å². The molecule has 2 aromatic rings. The molecule has 7 heteroatoms. The first-order valence-corrected chi connectivity index (χ1v) is 6.44. The summed E-state index contributed by atoms with van der Waals surface area (Å²) in [6, 6.07) is 4.68. The molecule has 0 saturated carbocycles. The highest BCUT2D eigenvalue weighted by Gasteiger charge is 2.20. The average molecular weight is 291 g/mol. The molecule has 1 unspecified atom stereocenters. The number of amides is 1. The SMILES string of the molecule is COc1cccn(CC(=O)N(C)C(C)c2ccon2)c1=O. The summed E-state index contributed by atoms with van der Waals surface area (Å²) in [6.45, 7) is 1.78. The minimum atomic E-state index is -0.337. The molecule has 112 valence electrons. The molecule has 0 aromatic carbocycles. The summed E-state index contributed by atoms with van der Waals surface area (Å²) in [5, 5.41) is 3.81. The summed E-state index contributed by atoms with van der Waals surface area (Å²) < 4.78 is 11.0. The third kappa shape index (κ3) is 3.13. The first kappa shape index (κ1) is 14.8. The van der Waals surface area contributed by atoms with Gasteiger partial charge in [0.1, 0.15) is 18.5 Å². The quantitative estimate of drug-likeness (QED) is 0.823. The van der Waals surface area contributed by atoms with E-state index in [0.717, 1.165) is 0 Å². The van der Waals surface area contributed by atoms with Gasteiger partial charge in [0, 0.05) is 19.3 Å². The highest BCUT2D eigenvalue weighted by molar-refractivity contribution is 5.76. The minimum absolute atomic E-state index is 0.0608. The first-order chi connectivity index (χ1) is 10.0. The summed E-state index contributed by atoms with van der Waals surface area (Å²) in [5.41, 5.74) is 0.319. The lowest BCUT2D eigenvalue weighted by Crippen LogP contribution is -2.35. The largest absolute Gasteiger partial charge is 0.491 e. The van der Waals surface area contributed by atoms with E-state index in [4.69, 9.17) is 9.26 Å². The molecule has 0 aliphatic carbocycles. The second kappa shape index (κ2) is 6.25. The van der Waals surface area contributed by atoms with Crippen LogP contribution in [-0.4, -0.2) is 34.7 Å². The van der Waals surface area contributed by atoms with E-state index in [1.807, 2.05) is 6.92 Å². The molecule has 21 heavy (non-hydrogen) atoms. The summed E-state index contributed by atoms with van der Waals surface area (Å²) in [4.78, 5) is 25.8. The molecular weight excluding hydrogens is 274 g/mol. The Hall–Kier alpha value is -2.57. The van der Waals surface area contributed by atoms with Crippen molar-refractivity contribution in [2.75, 3.05) is 14.2 Å². The van der Waals surface area contributed by atoms with Crippen molar-refractivity contribution in [3.05, 3.63) is 46.7 Å². The number of likely N-dealkylation sites (N-methyl/N-ethyl adjacent to an activating group) is 1. The molecule has 0 radical (unpaired) electrons. The van der Waals surface area contributed by atoms with Crippen molar-refractivity contribution in [2.24, 2.45) is 0 Å². The molecule has 0 aliphatic heterocycles. The number of ether oxygens (including phenoxy) is 1. The summed E-state index contributed by atoms with van der Waals surface area (Å²) in [7, 11) is 3.08. The fourth-order valence-corrected chi connectivity index (χ4v) is 1.90. The van der Waals surface area contributed by atoms with Gasteiger partial charge in [0.15, 0.2) is 5.75 Å². The van der Waals surface area contributed by atoms with Crippen LogP contribution >= 0.6 is 0 Å². The second-order valence-electron chi connectivity index (χ2n) is 4.61. The highest BCUT2D eigenvalue weighted by atomic mass is 16.5. The lowest BCUT2D eigenvalue weighted by Gasteiger charge is -2.23. The van der Waals surface area contributed by atoms with Crippen LogP contribution in [0.1, 0.15) is 18.7 Å². The molecule has 0 N–H and O–H groups in total. The van der Waals surface area contributed by atoms with Crippen LogP contribution in [0.2, 0.25) is 0 Å². The number of hydrogen-bond donors (Lipinski definition) is 0. The minimum Gasteiger partial charge on any atom is -0.491 e. The molecule has 1 amide bonds. The molecule has 7 nitrogen and oxygen atoms in total. The Morgan fingerprint density at radius 1 is 1.52 bits per heavy atom. The van der Waals surface area contributed by atoms with Gasteiger partial charge < -0.3 is 18.7 Å². The molecule has 0 fully saturated rings. The molecule has 0 aliphatic rings. The van der Waals surface area contributed by atoms with E-state index in [9.17, 15) is 9.59 Å². The fraction of sp³-hybridized carbons (Fsp3) is 0.357. The van der Waals surface area contributed by atoms with E-state index < -0.39 is 0 Å². The lowest BCUT2D eigenvalue weighted by molar-refractivity contribution is -0.132. The van der Waals surface area contributed by atoms with E-state index in [2.05, 4.69) is 5.16 Å². The van der Waals surface area contributed by atoms with Gasteiger partial charge in [0.25, 0.3) is 5.56 Å². The van der Waals surface area contributed by atoms with Crippen molar-refractivity contribution < 1.29 is 14.1 Å². The standard InChI is InChI=1S/C14H17N3O4/c1-10(11-6-8-21-15-11)16(2)13(18)9-17-7-4-5-12(20-3)14(17)19/h4-8,10H,9H2,1-3H3. The molecule has 2 aromatic heterocycles. The highest BCUT2D eigenvalue weighted by Crippen LogP contribution is 2.16. The number of nitrogens with zero attached hydrogens (tertiary/aromatic N) is 3. The number of carbonyl (C=O) groups is 1. The van der Waals surface area contributed by atoms with Crippen LogP contribution in [0.15, 0.2) is 40.0 Å². The van der Waals surface area contributed by atoms with Crippen LogP contribution in [0.4, 0.5) is 0 Å². The smallest absolute Gasteiger partial charge is 0.293 e. The predicted molar refractivity (Wildman–Crippen MR) is 74.9 cm³/mol. The Kier molecular flexibility index (Phi) is 4.42. The van der Waals surface area contributed by atoms with Crippen molar-refractivity contribution in [2.45, 2.75) is 19.5 Å². The molecule has 0 bridgehead atoms. The van der Waals surface area contributed by atoms with Gasteiger partial charge in [-0.2, -0.15) is 0 Å². The Morgan fingerprint density at radius 3 is 2.90 bits per heavy atom. The fourth-order valence-electron chi connectivity index (χ4n) is 1.90. The number of hydrogen-bond acceptors (Lipinski definition) is 5. The van der Waals surface area contributed by atoms with Gasteiger partial charge in [-0.15, -0.1) is 0 Å². The van der Waals surface area contributed by atoms with E-state index in [1.54, 1.807) is 31.4 Å². The predicted octanol–water partition coefficient (Wildman–Crippen LogP) is 1.06. The van der Waals surface area contributed by atoms with Crippen molar-refractivity contribution in [3.8, 4) is 5.75 Å². The van der Waals surface area contributed by atoms with Crippen LogP contribution in [0.5, 0.6) is 5.75 Å². The molecule has 2 heterocycles. The summed E-state index contributed by atoms with van der Waals surface area (Å²) in [5.74, 6) is -0.00152. The van der Waals surface area contributed by atoms with Crippen molar-refractivity contribution in [1.82, 2.24) is 14.6 Å². The normalized spacial score (nSPS) is 12.0. The van der Waals surface area contributed by atoms with Crippen LogP contribution in [0.3, 0.4) is 0 Å². The van der Waals surface area contributed by atoms with Gasteiger partial charge in [0.05, 0.1) is 13.2 Å². The van der Waals surface area contributed by atoms with Crippen LogP contribution < -0.4 is 10.3 Å². The van der Waals surface area contributed by atoms with E-state index in [-0.39, 0.29) is 29.8 Å². The molecule has 0 saturated heterocycles. The topological polar surface area (TPSA) is 77.6 Å². The zero-order chi connectivity index (χ0) is 15.4. The number of rotatable bonds is 5. The van der Waals surface area contributed by atoms with Crippen molar-refractivity contribution >= 4 is 5.91 Å². The van der Waals surface area contributed by atoms with E-state index in [0.29, 0.717) is 5.69 Å². The third-order valence-electron chi connectivity index (χ3n) is 3.37. The Bertz CT molecular complexity index is 663. The number of carbonyl (C=O) groups excluding carboxylic acids is 1. The maximum Gasteiger partial charge on any atom is 0.293 e. The van der Waals surface area contributed by atoms with Gasteiger partial charge in [-0.25, -0.2) is 0 Å². The molecule has 2 rings (SSSR count). The zero-order valence-corrected chi connectivity index (χ0v) is 12.1. The molecule has 1 atom stereocenters. The van der Waals surface area contributed by atoms with Crippen molar-refractivity contribution in [3.63, 3.8) is 0 Å². The summed E-state index contributed by atoms with van der Waals surface area (Å²) >= 11 is 0. The maximum absolute atomic E-state index is 12.3. The van der Waals surface area contributed by atoms with Crippen molar-refractivity contribution in [1.29, 1.82) is 0 Å². The second-order valence-corrected chi connectivity index (χ2v) is 4.61. The Balaban J connectivity index is 2.13. The van der Waals surface area contributed by atoms with Crippen LogP contribution in [-0.2, 0) is 11.3 Å². The van der Waals surface area contributed by atoms with Crippen LogP contribution in [0, 0.1) is 0 Å². The monoisotopic (exact) mass is 291 g/mol. The Morgan fingerprint density at radius 2 is 2.29 bits per heavy atom. The summed E-state index contributed by atoms with van der Waals surface area (Å²) in [6.07, 6.45) is 3.01. The third-order valence-corrected chi connectivity index (χ3v) is 3.37. The first-order valence-electron chi connectivity index (χ1n) is 6.44. The van der Waals surface area contributed by atoms with Gasteiger partial charge in [-0.05, 0) is 19.1 Å². The van der Waals surface area contributed by atoms with Gasteiger partial charge in [-0.3, -0.25) is 9.59 Å². The lowest BCUT2D eigenvalue weighted by atomic mass is 10.2. The van der Waals surface area contributed by atoms with E-state index >= 15 is 0 Å². The number of pyridine rings is 1. The maximum atomic E-state index is 12.3. The number of aromatic nitrogens is 2. The molecule has 0 spiro atoms. The van der Waals surface area contributed by atoms with Gasteiger partial charge >= 0.3 is 0 Å². The van der Waals surface area contributed by atoms with Gasteiger partial charge in [0.2, 0.25) is 5.91 Å². The van der Waals surface area contributed by atoms with E-state index in [1.165, 1.54) is 22.8 Å². The average Bonchev–Trinajstić information content (AvgIpc) is 3.02. The zero-order valence-electron chi connectivity index (χ0n) is 12.1. The Labute approximate surface area is 121 Å². The molecular formula is C14H17N3O4. The number of methoxy groups -OCH3 is 1. The van der Waals surface area contributed by atoms with Crippen LogP contribution in [0.25, 0.3) is 0 Å².